The Morgan fingerprint density at radius 1 is 1.61 bits per heavy atom. The monoisotopic (exact) mass is 289 g/mol. The van der Waals surface area contributed by atoms with Gasteiger partial charge in [0.25, 0.3) is 5.91 Å². The Labute approximate surface area is 115 Å². The summed E-state index contributed by atoms with van der Waals surface area (Å²) in [6.45, 7) is 2.88. The molecule has 1 heterocycles. The highest BCUT2D eigenvalue weighted by molar-refractivity contribution is 6.35. The summed E-state index contributed by atoms with van der Waals surface area (Å²) in [6.07, 6.45) is -0.470. The summed E-state index contributed by atoms with van der Waals surface area (Å²) in [7, 11) is 0. The van der Waals surface area contributed by atoms with E-state index in [-0.39, 0.29) is 12.0 Å². The molecular weight excluding hydrogens is 277 g/mol. The third-order valence-electron chi connectivity index (χ3n) is 2.47. The summed E-state index contributed by atoms with van der Waals surface area (Å²) < 4.78 is 10.5. The van der Waals surface area contributed by atoms with Gasteiger partial charge < -0.3 is 14.8 Å². The van der Waals surface area contributed by atoms with Crippen LogP contribution in [0.4, 0.5) is 0 Å². The van der Waals surface area contributed by atoms with E-state index in [9.17, 15) is 4.79 Å². The van der Waals surface area contributed by atoms with E-state index >= 15 is 0 Å². The van der Waals surface area contributed by atoms with Crippen molar-refractivity contribution in [1.29, 1.82) is 0 Å². The summed E-state index contributed by atoms with van der Waals surface area (Å²) in [6, 6.07) is 4.87. The molecular formula is C12H13Cl2NO3. The fourth-order valence-corrected chi connectivity index (χ4v) is 1.81. The smallest absolute Gasteiger partial charge is 0.260 e. The highest BCUT2D eigenvalue weighted by Gasteiger charge is 2.24. The van der Waals surface area contributed by atoms with E-state index in [1.165, 1.54) is 0 Å². The van der Waals surface area contributed by atoms with E-state index in [1.54, 1.807) is 25.1 Å². The van der Waals surface area contributed by atoms with Crippen LogP contribution in [0.3, 0.4) is 0 Å². The second kappa shape index (κ2) is 5.78. The SMILES string of the molecule is C[C@H](Oc1ccc(Cl)cc1Cl)C(=O)NC[C@@H]1CO1. The average Bonchev–Trinajstić information content (AvgIpc) is 3.13. The summed E-state index contributed by atoms with van der Waals surface area (Å²) in [4.78, 5) is 11.7. The number of rotatable bonds is 5. The van der Waals surface area contributed by atoms with Crippen molar-refractivity contribution in [3.63, 3.8) is 0 Å². The highest BCUT2D eigenvalue weighted by Crippen LogP contribution is 2.28. The van der Waals surface area contributed by atoms with E-state index in [0.29, 0.717) is 28.9 Å². The van der Waals surface area contributed by atoms with Crippen LogP contribution in [0.25, 0.3) is 0 Å². The second-order valence-electron chi connectivity index (χ2n) is 4.04. The van der Waals surface area contributed by atoms with Crippen LogP contribution in [0, 0.1) is 0 Å². The summed E-state index contributed by atoms with van der Waals surface area (Å²) >= 11 is 11.7. The van der Waals surface area contributed by atoms with E-state index in [2.05, 4.69) is 5.32 Å². The van der Waals surface area contributed by atoms with Gasteiger partial charge in [-0.25, -0.2) is 0 Å². The molecule has 6 heteroatoms. The predicted octanol–water partition coefficient (Wildman–Crippen LogP) is 2.28. The molecule has 1 N–H and O–H groups in total. The Morgan fingerprint density at radius 2 is 2.33 bits per heavy atom. The number of benzene rings is 1. The van der Waals surface area contributed by atoms with Crippen molar-refractivity contribution in [2.24, 2.45) is 0 Å². The molecule has 0 spiro atoms. The van der Waals surface area contributed by atoms with Gasteiger partial charge in [-0.15, -0.1) is 0 Å². The number of amides is 1. The van der Waals surface area contributed by atoms with Crippen LogP contribution < -0.4 is 10.1 Å². The lowest BCUT2D eigenvalue weighted by Gasteiger charge is -2.15. The number of carbonyl (C=O) groups is 1. The van der Waals surface area contributed by atoms with Gasteiger partial charge in [0.15, 0.2) is 6.10 Å². The minimum atomic E-state index is -0.623. The maximum Gasteiger partial charge on any atom is 0.260 e. The lowest BCUT2D eigenvalue weighted by molar-refractivity contribution is -0.127. The molecule has 0 unspecified atom stereocenters. The summed E-state index contributed by atoms with van der Waals surface area (Å²) in [5, 5.41) is 3.64. The molecule has 0 saturated carbocycles. The predicted molar refractivity (Wildman–Crippen MR) is 69.3 cm³/mol. The van der Waals surface area contributed by atoms with Crippen molar-refractivity contribution in [2.45, 2.75) is 19.1 Å². The first-order valence-corrected chi connectivity index (χ1v) is 6.33. The molecule has 1 aliphatic rings. The van der Waals surface area contributed by atoms with Crippen molar-refractivity contribution >= 4 is 29.1 Å². The number of epoxide rings is 1. The number of hydrogen-bond acceptors (Lipinski definition) is 3. The van der Waals surface area contributed by atoms with Gasteiger partial charge in [0.05, 0.1) is 17.7 Å². The van der Waals surface area contributed by atoms with Crippen LogP contribution in [-0.4, -0.2) is 31.3 Å². The van der Waals surface area contributed by atoms with Crippen LogP contribution in [0.1, 0.15) is 6.92 Å². The zero-order valence-electron chi connectivity index (χ0n) is 9.78. The Morgan fingerprint density at radius 3 is 2.94 bits per heavy atom. The first-order valence-electron chi connectivity index (χ1n) is 5.57. The number of carbonyl (C=O) groups excluding carboxylic acids is 1. The van der Waals surface area contributed by atoms with Crippen molar-refractivity contribution in [3.8, 4) is 5.75 Å². The molecule has 0 aliphatic carbocycles. The minimum absolute atomic E-state index is 0.153. The molecule has 1 aromatic carbocycles. The first kappa shape index (κ1) is 13.5. The van der Waals surface area contributed by atoms with Crippen molar-refractivity contribution in [2.75, 3.05) is 13.2 Å². The zero-order valence-corrected chi connectivity index (χ0v) is 11.3. The molecule has 18 heavy (non-hydrogen) atoms. The molecule has 4 nitrogen and oxygen atoms in total. The largest absolute Gasteiger partial charge is 0.479 e. The number of halogens is 2. The molecule has 1 saturated heterocycles. The molecule has 1 aromatic rings. The Kier molecular flexibility index (Phi) is 4.32. The molecule has 1 fully saturated rings. The molecule has 2 rings (SSSR count). The van der Waals surface area contributed by atoms with Crippen LogP contribution in [-0.2, 0) is 9.53 Å². The standard InChI is InChI=1S/C12H13Cl2NO3/c1-7(12(16)15-5-9-6-17-9)18-11-3-2-8(13)4-10(11)14/h2-4,7,9H,5-6H2,1H3,(H,15,16)/t7-,9+/m0/s1. The van der Waals surface area contributed by atoms with Gasteiger partial charge in [-0.05, 0) is 25.1 Å². The van der Waals surface area contributed by atoms with Gasteiger partial charge >= 0.3 is 0 Å². The van der Waals surface area contributed by atoms with Crippen LogP contribution in [0.15, 0.2) is 18.2 Å². The van der Waals surface area contributed by atoms with E-state index < -0.39 is 6.10 Å². The van der Waals surface area contributed by atoms with E-state index in [0.717, 1.165) is 0 Å². The Bertz CT molecular complexity index is 449. The van der Waals surface area contributed by atoms with Gasteiger partial charge in [-0.3, -0.25) is 4.79 Å². The van der Waals surface area contributed by atoms with Gasteiger partial charge in [-0.2, -0.15) is 0 Å². The average molecular weight is 290 g/mol. The maximum atomic E-state index is 11.7. The molecule has 98 valence electrons. The van der Waals surface area contributed by atoms with E-state index in [1.807, 2.05) is 0 Å². The minimum Gasteiger partial charge on any atom is -0.479 e. The summed E-state index contributed by atoms with van der Waals surface area (Å²) in [5.41, 5.74) is 0. The fourth-order valence-electron chi connectivity index (χ4n) is 1.36. The second-order valence-corrected chi connectivity index (χ2v) is 4.88. The number of ether oxygens (including phenoxy) is 2. The number of nitrogens with one attached hydrogen (secondary N) is 1. The van der Waals surface area contributed by atoms with Gasteiger partial charge in [-0.1, -0.05) is 23.2 Å². The summed E-state index contributed by atoms with van der Waals surface area (Å²) in [5.74, 6) is 0.239. The van der Waals surface area contributed by atoms with Crippen LogP contribution >= 0.6 is 23.2 Å². The van der Waals surface area contributed by atoms with Gasteiger partial charge in [0.2, 0.25) is 0 Å². The Hall–Kier alpha value is -0.970. The van der Waals surface area contributed by atoms with Crippen molar-refractivity contribution in [1.82, 2.24) is 5.32 Å². The molecule has 0 radical (unpaired) electrons. The third kappa shape index (κ3) is 3.77. The van der Waals surface area contributed by atoms with Gasteiger partial charge in [0.1, 0.15) is 5.75 Å². The molecule has 0 aromatic heterocycles. The molecule has 1 amide bonds. The van der Waals surface area contributed by atoms with Gasteiger partial charge in [0, 0.05) is 11.6 Å². The number of hydrogen-bond donors (Lipinski definition) is 1. The quantitative estimate of drug-likeness (QED) is 0.846. The Balaban J connectivity index is 1.88. The third-order valence-corrected chi connectivity index (χ3v) is 3.00. The zero-order chi connectivity index (χ0) is 13.1. The van der Waals surface area contributed by atoms with E-state index in [4.69, 9.17) is 32.7 Å². The maximum absolute atomic E-state index is 11.7. The highest BCUT2D eigenvalue weighted by atomic mass is 35.5. The molecule has 1 aliphatic heterocycles. The van der Waals surface area contributed by atoms with Crippen molar-refractivity contribution < 1.29 is 14.3 Å². The fraction of sp³-hybridized carbons (Fsp3) is 0.417. The first-order chi connectivity index (χ1) is 8.56. The lowest BCUT2D eigenvalue weighted by atomic mass is 10.3. The van der Waals surface area contributed by atoms with Crippen LogP contribution in [0.2, 0.25) is 10.0 Å². The van der Waals surface area contributed by atoms with Crippen LogP contribution in [0.5, 0.6) is 5.75 Å². The molecule has 2 atom stereocenters. The molecule has 0 bridgehead atoms. The normalized spacial score (nSPS) is 19.2. The topological polar surface area (TPSA) is 50.9 Å². The van der Waals surface area contributed by atoms with Crippen molar-refractivity contribution in [3.05, 3.63) is 28.2 Å². The lowest BCUT2D eigenvalue weighted by Crippen LogP contribution is -2.38.